The summed E-state index contributed by atoms with van der Waals surface area (Å²) in [4.78, 5) is 29.4. The third-order valence-corrected chi connectivity index (χ3v) is 7.74. The van der Waals surface area contributed by atoms with E-state index in [1.54, 1.807) is 11.0 Å². The molecule has 172 valence electrons. The van der Waals surface area contributed by atoms with Crippen LogP contribution in [0.2, 0.25) is 0 Å². The Morgan fingerprint density at radius 3 is 2.76 bits per heavy atom. The summed E-state index contributed by atoms with van der Waals surface area (Å²) in [5.74, 6) is 0.794. The zero-order chi connectivity index (χ0) is 22.7. The second-order valence-corrected chi connectivity index (χ2v) is 10.0. The third kappa shape index (κ3) is 3.42. The molecule has 0 spiro atoms. The lowest BCUT2D eigenvalue weighted by molar-refractivity contribution is 0.0542. The Labute approximate surface area is 192 Å². The number of β-amino-alcohol motifs (C(OH)–C–C–N with tert-alkyl or cyclic N) is 1. The highest BCUT2D eigenvalue weighted by molar-refractivity contribution is 6.02. The molecule has 2 aromatic heterocycles. The third-order valence-electron chi connectivity index (χ3n) is 7.74. The molecule has 5 heterocycles. The van der Waals surface area contributed by atoms with Crippen molar-refractivity contribution in [3.63, 3.8) is 0 Å². The van der Waals surface area contributed by atoms with Gasteiger partial charge in [-0.15, -0.1) is 0 Å². The average Bonchev–Trinajstić information content (AvgIpc) is 3.11. The Kier molecular flexibility index (Phi) is 4.92. The first kappa shape index (κ1) is 20.7. The molecule has 1 N–H and O–H groups in total. The molecule has 0 unspecified atom stereocenters. The van der Waals surface area contributed by atoms with Crippen molar-refractivity contribution >= 4 is 16.8 Å². The molecule has 33 heavy (non-hydrogen) atoms. The standard InChI is InChI=1S/C26H30N4O3/c1-27-10-9-21-20-5-2-3-6-23(20)30(25(21)26(27)33)16-19(31)15-28-12-17-11-18(14-28)22-7-4-8-24(32)29(22)13-17/h2-8,17-19,31H,9-16H2,1H3/t17-,18-,19+/m1/s1. The lowest BCUT2D eigenvalue weighted by Crippen LogP contribution is -2.49. The smallest absolute Gasteiger partial charge is 0.270 e. The van der Waals surface area contributed by atoms with Crippen LogP contribution in [-0.4, -0.2) is 69.3 Å². The van der Waals surface area contributed by atoms with Gasteiger partial charge < -0.3 is 19.1 Å². The predicted octanol–water partition coefficient (Wildman–Crippen LogP) is 1.91. The summed E-state index contributed by atoms with van der Waals surface area (Å²) in [5, 5.41) is 12.3. The number of hydrogen-bond acceptors (Lipinski definition) is 4. The molecule has 6 rings (SSSR count). The topological polar surface area (TPSA) is 70.7 Å². The van der Waals surface area contributed by atoms with Crippen molar-refractivity contribution in [2.24, 2.45) is 5.92 Å². The number of pyridine rings is 1. The van der Waals surface area contributed by atoms with Gasteiger partial charge in [-0.1, -0.05) is 24.3 Å². The van der Waals surface area contributed by atoms with Crippen LogP contribution >= 0.6 is 0 Å². The van der Waals surface area contributed by atoms with E-state index in [2.05, 4.69) is 17.0 Å². The fourth-order valence-electron chi connectivity index (χ4n) is 6.34. The second-order valence-electron chi connectivity index (χ2n) is 10.0. The number of fused-ring (bicyclic) bond motifs is 7. The van der Waals surface area contributed by atoms with Crippen LogP contribution in [-0.2, 0) is 19.5 Å². The first-order chi connectivity index (χ1) is 16.0. The summed E-state index contributed by atoms with van der Waals surface area (Å²) in [6.45, 7) is 4.19. The van der Waals surface area contributed by atoms with Crippen LogP contribution in [0, 0.1) is 5.92 Å². The fraction of sp³-hybridized carbons (Fsp3) is 0.462. The Balaban J connectivity index is 1.24. The van der Waals surface area contributed by atoms with Gasteiger partial charge in [0.05, 0.1) is 12.6 Å². The molecular weight excluding hydrogens is 416 g/mol. The number of para-hydroxylation sites is 1. The number of piperidine rings is 1. The van der Waals surface area contributed by atoms with Crippen LogP contribution in [0.1, 0.15) is 34.1 Å². The van der Waals surface area contributed by atoms with Gasteiger partial charge in [0.25, 0.3) is 11.5 Å². The zero-order valence-corrected chi connectivity index (χ0v) is 19.0. The number of aromatic nitrogens is 2. The average molecular weight is 447 g/mol. The van der Waals surface area contributed by atoms with Crippen LogP contribution < -0.4 is 5.56 Å². The molecule has 3 aliphatic rings. The molecule has 0 saturated carbocycles. The largest absolute Gasteiger partial charge is 0.390 e. The number of hydrogen-bond donors (Lipinski definition) is 1. The molecule has 2 bridgehead atoms. The predicted molar refractivity (Wildman–Crippen MR) is 127 cm³/mol. The van der Waals surface area contributed by atoms with Gasteiger partial charge in [0, 0.05) is 68.4 Å². The maximum atomic E-state index is 13.0. The summed E-state index contributed by atoms with van der Waals surface area (Å²) >= 11 is 0. The number of aliphatic hydroxyl groups excluding tert-OH is 1. The number of likely N-dealkylation sites (N-methyl/N-ethyl adjacent to an activating group) is 1. The van der Waals surface area contributed by atoms with E-state index in [-0.39, 0.29) is 11.5 Å². The van der Waals surface area contributed by atoms with E-state index in [1.165, 1.54) is 0 Å². The van der Waals surface area contributed by atoms with Gasteiger partial charge in [-0.3, -0.25) is 14.5 Å². The number of carbonyl (C=O) groups is 1. The minimum absolute atomic E-state index is 0.0363. The number of benzene rings is 1. The van der Waals surface area contributed by atoms with Crippen LogP contribution in [0.4, 0.5) is 0 Å². The molecule has 7 heteroatoms. The minimum atomic E-state index is -0.582. The second kappa shape index (κ2) is 7.85. The van der Waals surface area contributed by atoms with E-state index < -0.39 is 6.10 Å². The van der Waals surface area contributed by atoms with Crippen molar-refractivity contribution in [1.82, 2.24) is 18.9 Å². The lowest BCUT2D eigenvalue weighted by Gasteiger charge is -2.43. The first-order valence-electron chi connectivity index (χ1n) is 12.0. The highest BCUT2D eigenvalue weighted by Crippen LogP contribution is 2.35. The SMILES string of the molecule is CN1CCc2c(n(C[C@@H](O)CN3C[C@H]4C[C@H](C3)c3cccc(=O)n3C4)c3ccccc23)C1=O. The monoisotopic (exact) mass is 446 g/mol. The number of aliphatic hydroxyl groups is 1. The summed E-state index contributed by atoms with van der Waals surface area (Å²) in [5.41, 5.74) is 4.07. The van der Waals surface area contributed by atoms with E-state index in [0.29, 0.717) is 24.9 Å². The van der Waals surface area contributed by atoms with Gasteiger partial charge in [0.15, 0.2) is 0 Å². The van der Waals surface area contributed by atoms with Crippen LogP contribution in [0.25, 0.3) is 10.9 Å². The Hall–Kier alpha value is -2.90. The molecule has 3 aliphatic heterocycles. The quantitative estimate of drug-likeness (QED) is 0.665. The number of nitrogens with zero attached hydrogens (tertiary/aromatic N) is 4. The Bertz CT molecular complexity index is 1290. The number of rotatable bonds is 4. The molecule has 3 aromatic rings. The number of likely N-dealkylation sites (tertiary alicyclic amines) is 1. The van der Waals surface area contributed by atoms with E-state index in [1.807, 2.05) is 40.4 Å². The summed E-state index contributed by atoms with van der Waals surface area (Å²) in [6, 6.07) is 13.7. The van der Waals surface area contributed by atoms with Gasteiger partial charge in [0.1, 0.15) is 5.69 Å². The van der Waals surface area contributed by atoms with E-state index in [9.17, 15) is 14.7 Å². The van der Waals surface area contributed by atoms with Crippen LogP contribution in [0.15, 0.2) is 47.3 Å². The Morgan fingerprint density at radius 2 is 1.88 bits per heavy atom. The summed E-state index contributed by atoms with van der Waals surface area (Å²) < 4.78 is 3.97. The maximum Gasteiger partial charge on any atom is 0.270 e. The fourth-order valence-corrected chi connectivity index (χ4v) is 6.34. The molecule has 3 atom stereocenters. The van der Waals surface area contributed by atoms with Gasteiger partial charge in [-0.05, 0) is 36.5 Å². The van der Waals surface area contributed by atoms with Crippen molar-refractivity contribution in [1.29, 1.82) is 0 Å². The van der Waals surface area contributed by atoms with Gasteiger partial charge in [0.2, 0.25) is 0 Å². The normalized spacial score (nSPS) is 23.5. The van der Waals surface area contributed by atoms with Gasteiger partial charge >= 0.3 is 0 Å². The molecule has 1 fully saturated rings. The highest BCUT2D eigenvalue weighted by atomic mass is 16.3. The molecular formula is C26H30N4O3. The lowest BCUT2D eigenvalue weighted by atomic mass is 9.83. The van der Waals surface area contributed by atoms with Crippen molar-refractivity contribution in [2.75, 3.05) is 33.2 Å². The zero-order valence-electron chi connectivity index (χ0n) is 19.0. The first-order valence-corrected chi connectivity index (χ1v) is 12.0. The summed E-state index contributed by atoms with van der Waals surface area (Å²) in [6.07, 6.45) is 1.36. The highest BCUT2D eigenvalue weighted by Gasteiger charge is 2.35. The van der Waals surface area contributed by atoms with Crippen LogP contribution in [0.5, 0.6) is 0 Å². The van der Waals surface area contributed by atoms with Crippen molar-refractivity contribution in [3.8, 4) is 0 Å². The van der Waals surface area contributed by atoms with E-state index >= 15 is 0 Å². The molecule has 0 aliphatic carbocycles. The molecule has 1 saturated heterocycles. The molecule has 1 amide bonds. The number of amides is 1. The maximum absolute atomic E-state index is 13.0. The van der Waals surface area contributed by atoms with Crippen molar-refractivity contribution in [3.05, 3.63) is 69.8 Å². The van der Waals surface area contributed by atoms with E-state index in [0.717, 1.165) is 66.9 Å². The van der Waals surface area contributed by atoms with Gasteiger partial charge in [-0.25, -0.2) is 0 Å². The molecule has 1 aromatic carbocycles. The summed E-state index contributed by atoms with van der Waals surface area (Å²) in [7, 11) is 1.85. The van der Waals surface area contributed by atoms with Crippen LogP contribution in [0.3, 0.4) is 0 Å². The van der Waals surface area contributed by atoms with Crippen molar-refractivity contribution in [2.45, 2.75) is 38.0 Å². The number of carbonyl (C=O) groups excluding carboxylic acids is 1. The van der Waals surface area contributed by atoms with Crippen molar-refractivity contribution < 1.29 is 9.90 Å². The minimum Gasteiger partial charge on any atom is -0.390 e. The van der Waals surface area contributed by atoms with Gasteiger partial charge in [-0.2, -0.15) is 0 Å². The molecule has 0 radical (unpaired) electrons. The van der Waals surface area contributed by atoms with E-state index in [4.69, 9.17) is 0 Å². The molecule has 7 nitrogen and oxygen atoms in total. The Morgan fingerprint density at radius 1 is 1.03 bits per heavy atom.